The maximum absolute atomic E-state index is 5.94. The number of hydrogen-bond donors (Lipinski definition) is 1. The third-order valence-corrected chi connectivity index (χ3v) is 2.66. The summed E-state index contributed by atoms with van der Waals surface area (Å²) in [7, 11) is 1.85. The molecule has 80 valence electrons. The number of rotatable bonds is 2. The van der Waals surface area contributed by atoms with Gasteiger partial charge in [-0.2, -0.15) is 5.10 Å². The molecule has 2 rings (SSSR count). The molecule has 0 unspecified atom stereocenters. The van der Waals surface area contributed by atoms with Gasteiger partial charge in [-0.15, -0.1) is 0 Å². The first-order chi connectivity index (χ1) is 7.15. The molecule has 0 radical (unpaired) electrons. The van der Waals surface area contributed by atoms with E-state index in [1.54, 1.807) is 10.9 Å². The molecule has 0 atom stereocenters. The Labute approximate surface area is 88.7 Å². The van der Waals surface area contributed by atoms with Gasteiger partial charge in [-0.25, -0.2) is 0 Å². The Hall–Kier alpha value is -1.71. The number of nitrogens with zero attached hydrogens (tertiary/aromatic N) is 2. The van der Waals surface area contributed by atoms with Gasteiger partial charge in [-0.3, -0.25) is 4.68 Å². The van der Waals surface area contributed by atoms with Crippen LogP contribution in [0.5, 0.6) is 0 Å². The molecule has 0 aromatic carbocycles. The Morgan fingerprint density at radius 3 is 2.80 bits per heavy atom. The van der Waals surface area contributed by atoms with E-state index in [-0.39, 0.29) is 0 Å². The summed E-state index contributed by atoms with van der Waals surface area (Å²) in [4.78, 5) is 0. The Bertz CT molecular complexity index is 482. The zero-order valence-electron chi connectivity index (χ0n) is 9.24. The number of nitrogen functional groups attached to an aromatic ring is 1. The average Bonchev–Trinajstić information content (AvgIpc) is 2.73. The molecule has 0 aliphatic heterocycles. The molecule has 15 heavy (non-hydrogen) atoms. The summed E-state index contributed by atoms with van der Waals surface area (Å²) in [6.45, 7) is 4.01. The first kappa shape index (κ1) is 9.83. The summed E-state index contributed by atoms with van der Waals surface area (Å²) in [5.74, 6) is 1.61. The summed E-state index contributed by atoms with van der Waals surface area (Å²) < 4.78 is 6.99. The van der Waals surface area contributed by atoms with Gasteiger partial charge >= 0.3 is 0 Å². The van der Waals surface area contributed by atoms with Crippen LogP contribution in [0, 0.1) is 6.92 Å². The Morgan fingerprint density at radius 1 is 1.53 bits per heavy atom. The van der Waals surface area contributed by atoms with Gasteiger partial charge < -0.3 is 10.2 Å². The van der Waals surface area contributed by atoms with Gasteiger partial charge in [0, 0.05) is 18.2 Å². The lowest BCUT2D eigenvalue weighted by Crippen LogP contribution is -1.98. The van der Waals surface area contributed by atoms with Gasteiger partial charge in [0.05, 0.1) is 6.26 Å². The molecule has 0 aliphatic rings. The van der Waals surface area contributed by atoms with Crippen LogP contribution in [0.25, 0.3) is 11.3 Å². The fourth-order valence-corrected chi connectivity index (χ4v) is 1.78. The van der Waals surface area contributed by atoms with Gasteiger partial charge in [0.2, 0.25) is 0 Å². The smallest absolute Gasteiger partial charge is 0.125 e. The second-order valence-electron chi connectivity index (χ2n) is 3.58. The van der Waals surface area contributed by atoms with E-state index in [0.717, 1.165) is 34.8 Å². The molecule has 4 nitrogen and oxygen atoms in total. The van der Waals surface area contributed by atoms with Crippen molar-refractivity contribution in [2.75, 3.05) is 5.73 Å². The number of anilines is 1. The van der Waals surface area contributed by atoms with E-state index in [2.05, 4.69) is 12.0 Å². The van der Waals surface area contributed by atoms with Crippen LogP contribution in [0.4, 0.5) is 5.82 Å². The van der Waals surface area contributed by atoms with Crippen molar-refractivity contribution in [2.45, 2.75) is 20.3 Å². The number of aromatic nitrogens is 2. The van der Waals surface area contributed by atoms with E-state index in [0.29, 0.717) is 0 Å². The van der Waals surface area contributed by atoms with Crippen LogP contribution in [-0.4, -0.2) is 9.78 Å². The van der Waals surface area contributed by atoms with Gasteiger partial charge in [0.25, 0.3) is 0 Å². The summed E-state index contributed by atoms with van der Waals surface area (Å²) in [5.41, 5.74) is 8.99. The molecular weight excluding hydrogens is 190 g/mol. The molecular formula is C11H15N3O. The predicted molar refractivity (Wildman–Crippen MR) is 59.4 cm³/mol. The van der Waals surface area contributed by atoms with E-state index in [9.17, 15) is 0 Å². The summed E-state index contributed by atoms with van der Waals surface area (Å²) in [6, 6.07) is 1.93. The summed E-state index contributed by atoms with van der Waals surface area (Å²) in [6.07, 6.45) is 2.55. The van der Waals surface area contributed by atoms with Crippen LogP contribution in [-0.2, 0) is 13.5 Å². The SMILES string of the molecule is CCc1c(-c2ccoc2C)nn(C)c1N. The monoisotopic (exact) mass is 205 g/mol. The largest absolute Gasteiger partial charge is 0.469 e. The molecule has 0 saturated carbocycles. The first-order valence-corrected chi connectivity index (χ1v) is 5.01. The second-order valence-corrected chi connectivity index (χ2v) is 3.58. The zero-order valence-corrected chi connectivity index (χ0v) is 9.24. The van der Waals surface area contributed by atoms with Crippen molar-refractivity contribution in [1.82, 2.24) is 9.78 Å². The minimum Gasteiger partial charge on any atom is -0.469 e. The number of aryl methyl sites for hydroxylation is 2. The molecule has 4 heteroatoms. The van der Waals surface area contributed by atoms with Crippen molar-refractivity contribution in [3.63, 3.8) is 0 Å². The second kappa shape index (κ2) is 3.46. The van der Waals surface area contributed by atoms with Gasteiger partial charge in [-0.05, 0) is 19.4 Å². The van der Waals surface area contributed by atoms with Crippen LogP contribution in [0.2, 0.25) is 0 Å². The van der Waals surface area contributed by atoms with Gasteiger partial charge in [-0.1, -0.05) is 6.92 Å². The number of nitrogens with two attached hydrogens (primary N) is 1. The molecule has 2 aromatic heterocycles. The van der Waals surface area contributed by atoms with Gasteiger partial charge in [0.15, 0.2) is 0 Å². The van der Waals surface area contributed by atoms with Crippen molar-refractivity contribution in [3.8, 4) is 11.3 Å². The van der Waals surface area contributed by atoms with E-state index in [4.69, 9.17) is 10.2 Å². The number of hydrogen-bond acceptors (Lipinski definition) is 3. The topological polar surface area (TPSA) is 57.0 Å². The number of furan rings is 1. The molecule has 2 N–H and O–H groups in total. The van der Waals surface area contributed by atoms with Crippen molar-refractivity contribution in [1.29, 1.82) is 0 Å². The van der Waals surface area contributed by atoms with Crippen LogP contribution in [0.3, 0.4) is 0 Å². The van der Waals surface area contributed by atoms with Crippen molar-refractivity contribution in [2.24, 2.45) is 7.05 Å². The van der Waals surface area contributed by atoms with E-state index in [1.807, 2.05) is 20.0 Å². The van der Waals surface area contributed by atoms with Crippen LogP contribution in [0.1, 0.15) is 18.2 Å². The highest BCUT2D eigenvalue weighted by Crippen LogP contribution is 2.29. The van der Waals surface area contributed by atoms with Crippen molar-refractivity contribution < 1.29 is 4.42 Å². The molecule has 0 aliphatic carbocycles. The highest BCUT2D eigenvalue weighted by atomic mass is 16.3. The Balaban J connectivity index is 2.63. The van der Waals surface area contributed by atoms with Crippen LogP contribution < -0.4 is 5.73 Å². The maximum Gasteiger partial charge on any atom is 0.125 e. The van der Waals surface area contributed by atoms with E-state index < -0.39 is 0 Å². The predicted octanol–water partition coefficient (Wildman–Crippen LogP) is 2.13. The lowest BCUT2D eigenvalue weighted by atomic mass is 10.1. The standard InChI is InChI=1S/C11H15N3O/c1-4-8-10(13-14(3)11(8)12)9-5-6-15-7(9)2/h5-6H,4,12H2,1-3H3. The Kier molecular flexibility index (Phi) is 2.26. The third kappa shape index (κ3) is 1.42. The zero-order chi connectivity index (χ0) is 11.0. The minimum atomic E-state index is 0.730. The summed E-state index contributed by atoms with van der Waals surface area (Å²) >= 11 is 0. The first-order valence-electron chi connectivity index (χ1n) is 5.01. The molecule has 0 saturated heterocycles. The quantitative estimate of drug-likeness (QED) is 0.817. The van der Waals surface area contributed by atoms with Crippen molar-refractivity contribution >= 4 is 5.82 Å². The van der Waals surface area contributed by atoms with E-state index >= 15 is 0 Å². The molecule has 0 fully saturated rings. The molecule has 0 amide bonds. The molecule has 2 aromatic rings. The highest BCUT2D eigenvalue weighted by molar-refractivity contribution is 5.69. The normalized spacial score (nSPS) is 10.9. The minimum absolute atomic E-state index is 0.730. The molecule has 0 bridgehead atoms. The molecule has 0 spiro atoms. The van der Waals surface area contributed by atoms with Crippen LogP contribution >= 0.6 is 0 Å². The highest BCUT2D eigenvalue weighted by Gasteiger charge is 2.16. The summed E-state index contributed by atoms with van der Waals surface area (Å²) in [5, 5.41) is 4.42. The maximum atomic E-state index is 5.94. The lowest BCUT2D eigenvalue weighted by molar-refractivity contribution is 0.535. The van der Waals surface area contributed by atoms with Gasteiger partial charge in [0.1, 0.15) is 17.3 Å². The molecule has 2 heterocycles. The van der Waals surface area contributed by atoms with Crippen LogP contribution in [0.15, 0.2) is 16.7 Å². The van der Waals surface area contributed by atoms with E-state index in [1.165, 1.54) is 0 Å². The lowest BCUT2D eigenvalue weighted by Gasteiger charge is -1.98. The fraction of sp³-hybridized carbons (Fsp3) is 0.364. The fourth-order valence-electron chi connectivity index (χ4n) is 1.78. The third-order valence-electron chi connectivity index (χ3n) is 2.66. The van der Waals surface area contributed by atoms with Crippen molar-refractivity contribution in [3.05, 3.63) is 23.7 Å². The average molecular weight is 205 g/mol. The Morgan fingerprint density at radius 2 is 2.27 bits per heavy atom.